The van der Waals surface area contributed by atoms with Gasteiger partial charge in [-0.15, -0.1) is 0 Å². The minimum Gasteiger partial charge on any atom is -0.496 e. The Labute approximate surface area is 173 Å². The summed E-state index contributed by atoms with van der Waals surface area (Å²) < 4.78 is 7.32. The van der Waals surface area contributed by atoms with Gasteiger partial charge in [0, 0.05) is 41.1 Å². The predicted octanol–water partition coefficient (Wildman–Crippen LogP) is 4.65. The van der Waals surface area contributed by atoms with Crippen LogP contribution < -0.4 is 10.1 Å². The Morgan fingerprint density at radius 2 is 1.93 bits per heavy atom. The lowest BCUT2D eigenvalue weighted by molar-refractivity contribution is -0.117. The molecule has 0 radical (unpaired) electrons. The van der Waals surface area contributed by atoms with Crippen molar-refractivity contribution in [2.75, 3.05) is 7.11 Å². The monoisotopic (exact) mass is 415 g/mol. The van der Waals surface area contributed by atoms with Crippen LogP contribution in [0, 0.1) is 0 Å². The van der Waals surface area contributed by atoms with Crippen molar-refractivity contribution in [3.05, 3.63) is 87.9 Å². The molecule has 0 aliphatic rings. The number of imidazole rings is 1. The quantitative estimate of drug-likeness (QED) is 0.595. The number of methoxy groups -OCH3 is 1. The topological polar surface area (TPSA) is 56.1 Å². The van der Waals surface area contributed by atoms with E-state index in [1.165, 1.54) is 6.08 Å². The van der Waals surface area contributed by atoms with E-state index in [0.717, 1.165) is 11.1 Å². The van der Waals surface area contributed by atoms with Crippen LogP contribution in [0.25, 0.3) is 6.08 Å². The molecule has 0 saturated carbocycles. The molecule has 1 amide bonds. The van der Waals surface area contributed by atoms with E-state index in [1.807, 2.05) is 42.1 Å². The molecule has 7 heteroatoms. The number of hydrogen-bond acceptors (Lipinski definition) is 3. The Morgan fingerprint density at radius 1 is 1.21 bits per heavy atom. The summed E-state index contributed by atoms with van der Waals surface area (Å²) in [6.45, 7) is 0. The lowest BCUT2D eigenvalue weighted by atomic mass is 10.0. The SMILES string of the molecule is COc1ccccc1C(NC(=O)/C=C/c1cc(Cl)cc(Cl)c1)c1nccn1C. The van der Waals surface area contributed by atoms with Gasteiger partial charge < -0.3 is 14.6 Å². The molecule has 0 spiro atoms. The van der Waals surface area contributed by atoms with Crippen molar-refractivity contribution >= 4 is 35.2 Å². The molecule has 1 unspecified atom stereocenters. The molecule has 1 heterocycles. The zero-order valence-corrected chi connectivity index (χ0v) is 16.9. The third kappa shape index (κ3) is 4.74. The molecule has 0 fully saturated rings. The second-order valence-electron chi connectivity index (χ2n) is 6.12. The molecule has 2 aromatic carbocycles. The molecular weight excluding hydrogens is 397 g/mol. The number of rotatable bonds is 6. The maximum Gasteiger partial charge on any atom is 0.244 e. The molecule has 1 atom stereocenters. The number of nitrogens with one attached hydrogen (secondary N) is 1. The van der Waals surface area contributed by atoms with Gasteiger partial charge in [0.25, 0.3) is 0 Å². The largest absolute Gasteiger partial charge is 0.496 e. The van der Waals surface area contributed by atoms with E-state index in [2.05, 4.69) is 10.3 Å². The van der Waals surface area contributed by atoms with E-state index in [0.29, 0.717) is 21.6 Å². The van der Waals surface area contributed by atoms with Gasteiger partial charge in [0.2, 0.25) is 5.91 Å². The van der Waals surface area contributed by atoms with Gasteiger partial charge in [-0.2, -0.15) is 0 Å². The molecule has 28 heavy (non-hydrogen) atoms. The summed E-state index contributed by atoms with van der Waals surface area (Å²) in [4.78, 5) is 17.0. The second kappa shape index (κ2) is 8.95. The van der Waals surface area contributed by atoms with Gasteiger partial charge in [-0.25, -0.2) is 4.98 Å². The van der Waals surface area contributed by atoms with E-state index in [9.17, 15) is 4.79 Å². The standard InChI is InChI=1S/C21H19Cl2N3O2/c1-26-10-9-24-21(26)20(17-5-3-4-6-18(17)28-2)25-19(27)8-7-14-11-15(22)13-16(23)12-14/h3-13,20H,1-2H3,(H,25,27)/b8-7+. The van der Waals surface area contributed by atoms with Crippen molar-refractivity contribution in [3.8, 4) is 5.75 Å². The molecule has 144 valence electrons. The summed E-state index contributed by atoms with van der Waals surface area (Å²) >= 11 is 12.0. The van der Waals surface area contributed by atoms with Crippen molar-refractivity contribution in [2.24, 2.45) is 7.05 Å². The Morgan fingerprint density at radius 3 is 2.57 bits per heavy atom. The first-order valence-corrected chi connectivity index (χ1v) is 9.28. The first-order valence-electron chi connectivity index (χ1n) is 8.52. The first kappa shape index (κ1) is 20.0. The molecule has 0 saturated heterocycles. The lowest BCUT2D eigenvalue weighted by Gasteiger charge is -2.20. The minimum absolute atomic E-state index is 0.282. The van der Waals surface area contributed by atoms with E-state index in [-0.39, 0.29) is 5.91 Å². The van der Waals surface area contributed by atoms with Crippen molar-refractivity contribution in [2.45, 2.75) is 6.04 Å². The average molecular weight is 416 g/mol. The molecule has 1 aromatic heterocycles. The number of nitrogens with zero attached hydrogens (tertiary/aromatic N) is 2. The molecular formula is C21H19Cl2N3O2. The molecule has 3 aromatic rings. The maximum absolute atomic E-state index is 12.6. The summed E-state index contributed by atoms with van der Waals surface area (Å²) in [6, 6.07) is 12.1. The van der Waals surface area contributed by atoms with Crippen LogP contribution in [0.1, 0.15) is 23.0 Å². The van der Waals surface area contributed by atoms with E-state index >= 15 is 0 Å². The van der Waals surface area contributed by atoms with Crippen LogP contribution >= 0.6 is 23.2 Å². The van der Waals surface area contributed by atoms with Crippen molar-refractivity contribution in [3.63, 3.8) is 0 Å². The fraction of sp³-hybridized carbons (Fsp3) is 0.143. The van der Waals surface area contributed by atoms with Crippen LogP contribution in [0.5, 0.6) is 5.75 Å². The summed E-state index contributed by atoms with van der Waals surface area (Å²) in [5.74, 6) is 1.08. The Hall–Kier alpha value is -2.76. The number of carbonyl (C=O) groups excluding carboxylic acids is 1. The number of benzene rings is 2. The second-order valence-corrected chi connectivity index (χ2v) is 6.99. The van der Waals surface area contributed by atoms with Crippen molar-refractivity contribution < 1.29 is 9.53 Å². The summed E-state index contributed by atoms with van der Waals surface area (Å²) in [5.41, 5.74) is 1.55. The number of hydrogen-bond donors (Lipinski definition) is 1. The highest BCUT2D eigenvalue weighted by atomic mass is 35.5. The first-order chi connectivity index (χ1) is 13.5. The molecule has 0 aliphatic carbocycles. The predicted molar refractivity (Wildman–Crippen MR) is 112 cm³/mol. The summed E-state index contributed by atoms with van der Waals surface area (Å²) in [6.07, 6.45) is 6.61. The van der Waals surface area contributed by atoms with Gasteiger partial charge in [-0.05, 0) is 35.9 Å². The van der Waals surface area contributed by atoms with Gasteiger partial charge >= 0.3 is 0 Å². The molecule has 0 aliphatic heterocycles. The smallest absolute Gasteiger partial charge is 0.244 e. The number of halogens is 2. The zero-order valence-electron chi connectivity index (χ0n) is 15.4. The number of aryl methyl sites for hydroxylation is 1. The summed E-state index contributed by atoms with van der Waals surface area (Å²) in [5, 5.41) is 4.01. The summed E-state index contributed by atoms with van der Waals surface area (Å²) in [7, 11) is 3.47. The Balaban J connectivity index is 1.88. The van der Waals surface area contributed by atoms with Crippen LogP contribution in [0.4, 0.5) is 0 Å². The number of para-hydroxylation sites is 1. The number of aromatic nitrogens is 2. The maximum atomic E-state index is 12.6. The highest BCUT2D eigenvalue weighted by molar-refractivity contribution is 6.34. The van der Waals surface area contributed by atoms with Gasteiger partial charge in [0.05, 0.1) is 7.11 Å². The van der Waals surface area contributed by atoms with Crippen LogP contribution in [-0.4, -0.2) is 22.6 Å². The molecule has 0 bridgehead atoms. The van der Waals surface area contributed by atoms with Gasteiger partial charge in [-0.3, -0.25) is 4.79 Å². The normalized spacial score (nSPS) is 12.1. The van der Waals surface area contributed by atoms with Gasteiger partial charge in [-0.1, -0.05) is 41.4 Å². The van der Waals surface area contributed by atoms with Crippen LogP contribution in [-0.2, 0) is 11.8 Å². The number of ether oxygens (including phenoxy) is 1. The van der Waals surface area contributed by atoms with E-state index < -0.39 is 6.04 Å². The highest BCUT2D eigenvalue weighted by Gasteiger charge is 2.23. The zero-order chi connectivity index (χ0) is 20.1. The fourth-order valence-corrected chi connectivity index (χ4v) is 3.42. The highest BCUT2D eigenvalue weighted by Crippen LogP contribution is 2.29. The Bertz CT molecular complexity index is 994. The van der Waals surface area contributed by atoms with Crippen molar-refractivity contribution in [1.29, 1.82) is 0 Å². The van der Waals surface area contributed by atoms with E-state index in [4.69, 9.17) is 27.9 Å². The van der Waals surface area contributed by atoms with Crippen molar-refractivity contribution in [1.82, 2.24) is 14.9 Å². The van der Waals surface area contributed by atoms with Gasteiger partial charge in [0.1, 0.15) is 17.6 Å². The average Bonchev–Trinajstić information content (AvgIpc) is 3.09. The third-order valence-electron chi connectivity index (χ3n) is 4.17. The molecule has 5 nitrogen and oxygen atoms in total. The van der Waals surface area contributed by atoms with Crippen LogP contribution in [0.15, 0.2) is 60.9 Å². The van der Waals surface area contributed by atoms with Crippen LogP contribution in [0.2, 0.25) is 10.0 Å². The van der Waals surface area contributed by atoms with Gasteiger partial charge in [0.15, 0.2) is 0 Å². The fourth-order valence-electron chi connectivity index (χ4n) is 2.88. The number of carbonyl (C=O) groups is 1. The van der Waals surface area contributed by atoms with Crippen LogP contribution in [0.3, 0.4) is 0 Å². The molecule has 1 N–H and O–H groups in total. The lowest BCUT2D eigenvalue weighted by Crippen LogP contribution is -2.30. The number of amides is 1. The Kier molecular flexibility index (Phi) is 6.39. The van der Waals surface area contributed by atoms with E-state index in [1.54, 1.807) is 37.6 Å². The minimum atomic E-state index is -0.476. The molecule has 3 rings (SSSR count). The third-order valence-corrected chi connectivity index (χ3v) is 4.60.